The Morgan fingerprint density at radius 1 is 0.500 bits per heavy atom. The molecule has 0 amide bonds. The van der Waals surface area contributed by atoms with Crippen LogP contribution >= 0.6 is 0 Å². The summed E-state index contributed by atoms with van der Waals surface area (Å²) in [7, 11) is 0. The summed E-state index contributed by atoms with van der Waals surface area (Å²) in [6.45, 7) is 4.51. The van der Waals surface area contributed by atoms with Crippen molar-refractivity contribution in [1.29, 1.82) is 0 Å². The second kappa shape index (κ2) is 16.7. The van der Waals surface area contributed by atoms with Crippen LogP contribution in [0.1, 0.15) is 128 Å². The third kappa shape index (κ3) is 11.6. The highest BCUT2D eigenvalue weighted by Gasteiger charge is 2.09. The maximum absolute atomic E-state index is 10.3. The molecule has 0 saturated heterocycles. The summed E-state index contributed by atoms with van der Waals surface area (Å²) in [6.07, 6.45) is 22.3. The quantitative estimate of drug-likeness (QED) is 0.247. The van der Waals surface area contributed by atoms with Crippen LogP contribution in [0.2, 0.25) is 0 Å². The molecular weight excluding hydrogens is 344 g/mol. The molecule has 0 aromatic heterocycles. The molecule has 1 aromatic rings. The number of aromatic hydroxyl groups is 2. The third-order valence-electron chi connectivity index (χ3n) is 5.86. The number of aryl methyl sites for hydroxylation is 1. The molecule has 0 aliphatic heterocycles. The molecule has 0 atom stereocenters. The van der Waals surface area contributed by atoms with Gasteiger partial charge in [0.25, 0.3) is 0 Å². The van der Waals surface area contributed by atoms with Crippen LogP contribution in [0.25, 0.3) is 0 Å². The highest BCUT2D eigenvalue weighted by molar-refractivity contribution is 5.46. The summed E-state index contributed by atoms with van der Waals surface area (Å²) in [5.74, 6) is 0.579. The van der Waals surface area contributed by atoms with Gasteiger partial charge in [-0.25, -0.2) is 0 Å². The van der Waals surface area contributed by atoms with E-state index in [9.17, 15) is 10.2 Å². The molecule has 0 saturated carbocycles. The number of hydrogen-bond donors (Lipinski definition) is 2. The Morgan fingerprint density at radius 3 is 1.29 bits per heavy atom. The normalized spacial score (nSPS) is 11.2. The zero-order valence-electron chi connectivity index (χ0n) is 18.8. The molecule has 2 N–H and O–H groups in total. The summed E-state index contributed by atoms with van der Waals surface area (Å²) >= 11 is 0. The summed E-state index contributed by atoms with van der Waals surface area (Å²) in [5, 5.41) is 20.7. The van der Waals surface area contributed by atoms with Crippen molar-refractivity contribution in [2.24, 2.45) is 0 Å². The fourth-order valence-electron chi connectivity index (χ4n) is 4.00. The predicted molar refractivity (Wildman–Crippen MR) is 122 cm³/mol. The number of unbranched alkanes of at least 4 members (excludes halogenated alkanes) is 14. The Kier molecular flexibility index (Phi) is 14.9. The van der Waals surface area contributed by atoms with Crippen molar-refractivity contribution >= 4 is 0 Å². The van der Waals surface area contributed by atoms with Crippen LogP contribution in [0.3, 0.4) is 0 Å². The van der Waals surface area contributed by atoms with Gasteiger partial charge in [0, 0.05) is 5.56 Å². The summed E-state index contributed by atoms with van der Waals surface area (Å²) < 4.78 is 0. The van der Waals surface area contributed by atoms with Crippen molar-refractivity contribution in [2.75, 3.05) is 0 Å². The standard InChI is InChI=1S/C26H46O2/c1-3-5-7-9-11-13-15-17-19-23-21-25(27)24(26(28)22-23)20-18-16-14-12-10-8-6-4-2/h21-22,27-28H,3-20H2,1-2H3. The van der Waals surface area contributed by atoms with Crippen LogP contribution in [0, 0.1) is 0 Å². The van der Waals surface area contributed by atoms with Gasteiger partial charge in [-0.3, -0.25) is 0 Å². The number of phenols is 2. The van der Waals surface area contributed by atoms with Gasteiger partial charge < -0.3 is 10.2 Å². The van der Waals surface area contributed by atoms with Gasteiger partial charge in [0.15, 0.2) is 0 Å². The zero-order chi connectivity index (χ0) is 20.5. The lowest BCUT2D eigenvalue weighted by molar-refractivity contribution is 0.434. The van der Waals surface area contributed by atoms with Gasteiger partial charge in [-0.15, -0.1) is 0 Å². The van der Waals surface area contributed by atoms with Crippen molar-refractivity contribution in [3.63, 3.8) is 0 Å². The molecule has 2 heteroatoms. The highest BCUT2D eigenvalue weighted by atomic mass is 16.3. The number of benzene rings is 1. The predicted octanol–water partition coefficient (Wildman–Crippen LogP) is 8.46. The minimum atomic E-state index is 0.289. The lowest BCUT2D eigenvalue weighted by Gasteiger charge is -2.10. The van der Waals surface area contributed by atoms with Gasteiger partial charge in [0.05, 0.1) is 0 Å². The van der Waals surface area contributed by atoms with Crippen LogP contribution in [0.5, 0.6) is 11.5 Å². The van der Waals surface area contributed by atoms with Crippen LogP contribution < -0.4 is 0 Å². The van der Waals surface area contributed by atoms with Crippen molar-refractivity contribution in [1.82, 2.24) is 0 Å². The third-order valence-corrected chi connectivity index (χ3v) is 5.86. The van der Waals surface area contributed by atoms with E-state index in [0.717, 1.165) is 36.8 Å². The molecule has 28 heavy (non-hydrogen) atoms. The van der Waals surface area contributed by atoms with Gasteiger partial charge in [0.1, 0.15) is 11.5 Å². The molecule has 0 radical (unpaired) electrons. The van der Waals surface area contributed by atoms with Crippen molar-refractivity contribution in [3.8, 4) is 11.5 Å². The van der Waals surface area contributed by atoms with Gasteiger partial charge in [-0.2, -0.15) is 0 Å². The minimum Gasteiger partial charge on any atom is -0.508 e. The number of phenolic OH excluding ortho intramolecular Hbond substituents is 2. The largest absolute Gasteiger partial charge is 0.508 e. The van der Waals surface area contributed by atoms with Gasteiger partial charge in [0.2, 0.25) is 0 Å². The summed E-state index contributed by atoms with van der Waals surface area (Å²) in [4.78, 5) is 0. The number of hydrogen-bond acceptors (Lipinski definition) is 2. The molecular formula is C26H46O2. The first-order chi connectivity index (χ1) is 13.7. The van der Waals surface area contributed by atoms with E-state index in [1.54, 1.807) is 0 Å². The van der Waals surface area contributed by atoms with E-state index in [0.29, 0.717) is 0 Å². The SMILES string of the molecule is CCCCCCCCCCc1cc(O)c(CCCCCCCCCC)c(O)c1. The lowest BCUT2D eigenvalue weighted by Crippen LogP contribution is -1.93. The van der Waals surface area contributed by atoms with Crippen LogP contribution in [0.4, 0.5) is 0 Å². The molecule has 0 spiro atoms. The molecule has 0 fully saturated rings. The van der Waals surface area contributed by atoms with E-state index < -0.39 is 0 Å². The topological polar surface area (TPSA) is 40.5 Å². The molecule has 0 aliphatic carbocycles. The monoisotopic (exact) mass is 390 g/mol. The van der Waals surface area contributed by atoms with E-state index in [1.807, 2.05) is 12.1 Å². The van der Waals surface area contributed by atoms with Crippen molar-refractivity contribution in [3.05, 3.63) is 23.3 Å². The molecule has 2 nitrogen and oxygen atoms in total. The maximum atomic E-state index is 10.3. The van der Waals surface area contributed by atoms with E-state index in [2.05, 4.69) is 13.8 Å². The summed E-state index contributed by atoms with van der Waals surface area (Å²) in [6, 6.07) is 3.75. The first kappa shape index (κ1) is 24.9. The molecule has 0 heterocycles. The first-order valence-corrected chi connectivity index (χ1v) is 12.2. The van der Waals surface area contributed by atoms with Crippen molar-refractivity contribution < 1.29 is 10.2 Å². The van der Waals surface area contributed by atoms with Gasteiger partial charge in [-0.05, 0) is 43.4 Å². The molecule has 0 unspecified atom stereocenters. The Labute approximate surface area is 174 Å². The van der Waals surface area contributed by atoms with Gasteiger partial charge >= 0.3 is 0 Å². The first-order valence-electron chi connectivity index (χ1n) is 12.2. The highest BCUT2D eigenvalue weighted by Crippen LogP contribution is 2.31. The second-order valence-electron chi connectivity index (χ2n) is 8.56. The van der Waals surface area contributed by atoms with Gasteiger partial charge in [-0.1, -0.05) is 104 Å². The Morgan fingerprint density at radius 2 is 0.857 bits per heavy atom. The zero-order valence-corrected chi connectivity index (χ0v) is 18.8. The van der Waals surface area contributed by atoms with E-state index in [-0.39, 0.29) is 11.5 Å². The molecule has 1 aromatic carbocycles. The molecule has 0 aliphatic rings. The summed E-state index contributed by atoms with van der Waals surface area (Å²) in [5.41, 5.74) is 1.81. The van der Waals surface area contributed by atoms with Crippen LogP contribution in [-0.4, -0.2) is 10.2 Å². The van der Waals surface area contributed by atoms with E-state index >= 15 is 0 Å². The average molecular weight is 391 g/mol. The van der Waals surface area contributed by atoms with Crippen LogP contribution in [-0.2, 0) is 12.8 Å². The number of rotatable bonds is 18. The fraction of sp³-hybridized carbons (Fsp3) is 0.769. The Balaban J connectivity index is 2.20. The average Bonchev–Trinajstić information content (AvgIpc) is 2.67. The smallest absolute Gasteiger partial charge is 0.122 e. The minimum absolute atomic E-state index is 0.289. The van der Waals surface area contributed by atoms with E-state index in [4.69, 9.17) is 0 Å². The Hall–Kier alpha value is -1.18. The second-order valence-corrected chi connectivity index (χ2v) is 8.56. The molecule has 162 valence electrons. The van der Waals surface area contributed by atoms with Crippen LogP contribution in [0.15, 0.2) is 12.1 Å². The maximum Gasteiger partial charge on any atom is 0.122 e. The molecule has 0 bridgehead atoms. The van der Waals surface area contributed by atoms with E-state index in [1.165, 1.54) is 89.9 Å². The fourth-order valence-corrected chi connectivity index (χ4v) is 4.00. The molecule has 1 rings (SSSR count). The van der Waals surface area contributed by atoms with Crippen molar-refractivity contribution in [2.45, 2.75) is 129 Å². The lowest BCUT2D eigenvalue weighted by atomic mass is 9.99. The Bertz CT molecular complexity index is 472.